The van der Waals surface area contributed by atoms with Crippen molar-refractivity contribution in [1.29, 1.82) is 0 Å². The van der Waals surface area contributed by atoms with Crippen LogP contribution in [0.2, 0.25) is 0 Å². The van der Waals surface area contributed by atoms with E-state index in [9.17, 15) is 23.1 Å². The highest BCUT2D eigenvalue weighted by molar-refractivity contribution is 8.07. The van der Waals surface area contributed by atoms with Gasteiger partial charge in [-0.2, -0.15) is 13.2 Å². The number of benzene rings is 2. The highest BCUT2D eigenvalue weighted by atomic mass is 32.2. The molecular weight excluding hydrogens is 437 g/mol. The van der Waals surface area contributed by atoms with Crippen LogP contribution in [-0.2, 0) is 10.2 Å². The van der Waals surface area contributed by atoms with Crippen molar-refractivity contribution in [2.75, 3.05) is 0 Å². The number of hydrogen-bond acceptors (Lipinski definition) is 4. The average molecular weight is 456 g/mol. The number of carboxylic acid groups (broad SMARTS) is 1. The molecule has 1 aliphatic heterocycles. The van der Waals surface area contributed by atoms with E-state index in [-0.39, 0.29) is 11.3 Å². The maximum Gasteiger partial charge on any atom is 0.417 e. The summed E-state index contributed by atoms with van der Waals surface area (Å²) in [5, 5.41) is 9.44. The minimum absolute atomic E-state index is 0.0677. The summed E-state index contributed by atoms with van der Waals surface area (Å²) >= 11 is 0.865. The Hall–Kier alpha value is -3.26. The first-order valence-electron chi connectivity index (χ1n) is 9.75. The van der Waals surface area contributed by atoms with Crippen molar-refractivity contribution < 1.29 is 23.1 Å². The molecule has 2 aromatic rings. The highest BCUT2D eigenvalue weighted by Crippen LogP contribution is 2.48. The first-order valence-corrected chi connectivity index (χ1v) is 10.5. The van der Waals surface area contributed by atoms with Gasteiger partial charge < -0.3 is 10.8 Å². The van der Waals surface area contributed by atoms with Crippen molar-refractivity contribution in [3.63, 3.8) is 0 Å². The molecule has 2 aromatic carbocycles. The molecule has 0 aromatic heterocycles. The number of carboxylic acids is 1. The Morgan fingerprint density at radius 1 is 1.03 bits per heavy atom. The van der Waals surface area contributed by atoms with Gasteiger partial charge in [0.2, 0.25) is 0 Å². The summed E-state index contributed by atoms with van der Waals surface area (Å²) in [6, 6.07) is 14.8. The van der Waals surface area contributed by atoms with Gasteiger partial charge in [0.05, 0.1) is 21.6 Å². The van der Waals surface area contributed by atoms with Crippen LogP contribution in [0.1, 0.15) is 24.0 Å². The van der Waals surface area contributed by atoms with Gasteiger partial charge in [-0.25, -0.2) is 4.40 Å². The number of nitrogens with two attached hydrogens (primary N) is 1. The molecule has 0 radical (unpaired) electrons. The van der Waals surface area contributed by atoms with Crippen LogP contribution in [0, 0.1) is 0 Å². The Morgan fingerprint density at radius 3 is 2.06 bits per heavy atom. The smallest absolute Gasteiger partial charge is 0.417 e. The van der Waals surface area contributed by atoms with Crippen molar-refractivity contribution in [3.8, 4) is 11.1 Å². The monoisotopic (exact) mass is 456 g/mol. The number of aliphatic carboxylic acids is 1. The minimum atomic E-state index is -4.54. The fourth-order valence-electron chi connectivity index (χ4n) is 3.54. The van der Waals surface area contributed by atoms with Gasteiger partial charge in [-0.1, -0.05) is 55.1 Å². The van der Waals surface area contributed by atoms with Gasteiger partial charge in [-0.3, -0.25) is 4.79 Å². The molecule has 164 valence electrons. The molecular formula is C24H19F3N2O2S. The quantitative estimate of drug-likeness (QED) is 0.564. The van der Waals surface area contributed by atoms with E-state index < -0.39 is 23.1 Å². The van der Waals surface area contributed by atoms with Gasteiger partial charge in [0, 0.05) is 18.2 Å². The zero-order chi connectivity index (χ0) is 23.1. The second-order valence-electron chi connectivity index (χ2n) is 7.73. The van der Waals surface area contributed by atoms with Gasteiger partial charge in [-0.15, -0.1) is 0 Å². The number of rotatable bonds is 4. The van der Waals surface area contributed by atoms with Gasteiger partial charge >= 0.3 is 12.1 Å². The molecule has 1 fully saturated rings. The average Bonchev–Trinajstić information content (AvgIpc) is 3.56. The van der Waals surface area contributed by atoms with Crippen LogP contribution < -0.4 is 5.73 Å². The van der Waals surface area contributed by atoms with Crippen LogP contribution in [-0.4, -0.2) is 23.5 Å². The molecule has 1 aliphatic carbocycles. The van der Waals surface area contributed by atoms with E-state index in [1.54, 1.807) is 0 Å². The standard InChI is InChI=1S/C24H19F3N2O2S/c1-14-12-19(24(25,26)27)13-29-32-21(20(14)28)17-4-2-15(3-5-17)16-6-8-18(9-7-16)23(10-11-23)22(30)31/h2-9,12-13H,1,10-11,28H2,(H,30,31)/b19-12+,21-20?,29-13?. The predicted octanol–water partition coefficient (Wildman–Crippen LogP) is 5.87. The molecule has 3 N–H and O–H groups in total. The Bertz CT molecular complexity index is 1170. The summed E-state index contributed by atoms with van der Waals surface area (Å²) in [6.45, 7) is 3.67. The van der Waals surface area contributed by atoms with Crippen molar-refractivity contribution in [2.45, 2.75) is 24.4 Å². The molecule has 4 nitrogen and oxygen atoms in total. The molecule has 0 atom stereocenters. The van der Waals surface area contributed by atoms with E-state index in [1.807, 2.05) is 48.5 Å². The fraction of sp³-hybridized carbons (Fsp3) is 0.167. The summed E-state index contributed by atoms with van der Waals surface area (Å²) in [5.41, 5.74) is 7.99. The summed E-state index contributed by atoms with van der Waals surface area (Å²) in [6.07, 6.45) is -1.58. The fourth-order valence-corrected chi connectivity index (χ4v) is 4.29. The van der Waals surface area contributed by atoms with Gasteiger partial charge in [0.15, 0.2) is 0 Å². The molecule has 1 saturated carbocycles. The molecule has 2 aliphatic rings. The molecule has 8 heteroatoms. The van der Waals surface area contributed by atoms with Crippen molar-refractivity contribution in [2.24, 2.45) is 10.1 Å². The molecule has 4 rings (SSSR count). The third-order valence-corrected chi connectivity index (χ3v) is 6.51. The molecule has 0 amide bonds. The Morgan fingerprint density at radius 2 is 1.56 bits per heavy atom. The Kier molecular flexibility index (Phi) is 5.50. The zero-order valence-electron chi connectivity index (χ0n) is 16.8. The second-order valence-corrected chi connectivity index (χ2v) is 8.53. The summed E-state index contributed by atoms with van der Waals surface area (Å²) < 4.78 is 42.9. The van der Waals surface area contributed by atoms with E-state index in [0.717, 1.165) is 40.9 Å². The molecule has 32 heavy (non-hydrogen) atoms. The molecule has 0 saturated heterocycles. The van der Waals surface area contributed by atoms with Crippen LogP contribution in [0.4, 0.5) is 13.2 Å². The van der Waals surface area contributed by atoms with Crippen LogP contribution >= 0.6 is 11.9 Å². The lowest BCUT2D eigenvalue weighted by atomic mass is 9.93. The molecule has 0 unspecified atom stereocenters. The first-order chi connectivity index (χ1) is 15.1. The summed E-state index contributed by atoms with van der Waals surface area (Å²) in [5.74, 6) is -0.793. The number of nitrogens with zero attached hydrogens (tertiary/aromatic N) is 1. The maximum absolute atomic E-state index is 13.0. The van der Waals surface area contributed by atoms with E-state index in [0.29, 0.717) is 23.3 Å². The maximum atomic E-state index is 13.0. The van der Waals surface area contributed by atoms with Gasteiger partial charge in [0.25, 0.3) is 0 Å². The van der Waals surface area contributed by atoms with Crippen LogP contribution in [0.15, 0.2) is 82.4 Å². The predicted molar refractivity (Wildman–Crippen MR) is 121 cm³/mol. The lowest BCUT2D eigenvalue weighted by Crippen LogP contribution is -2.19. The van der Waals surface area contributed by atoms with E-state index in [4.69, 9.17) is 5.73 Å². The normalized spacial score (nSPS) is 19.7. The van der Waals surface area contributed by atoms with Gasteiger partial charge in [-0.05, 0) is 46.7 Å². The second kappa shape index (κ2) is 8.02. The summed E-state index contributed by atoms with van der Waals surface area (Å²) in [4.78, 5) is 12.0. The molecule has 0 bridgehead atoms. The topological polar surface area (TPSA) is 75.7 Å². The molecule has 0 spiro atoms. The highest BCUT2D eigenvalue weighted by Gasteiger charge is 2.51. The number of carbonyl (C=O) groups is 1. The Balaban J connectivity index is 1.59. The number of hydrogen-bond donors (Lipinski definition) is 2. The third-order valence-electron chi connectivity index (χ3n) is 5.66. The SMILES string of the molecule is C=C1/C=C(/C(F)(F)F)C=NSC(c2ccc(-c3ccc(C4(C(=O)O)CC4)cc3)cc2)=C1N. The molecule has 1 heterocycles. The van der Waals surface area contributed by atoms with Crippen LogP contribution in [0.5, 0.6) is 0 Å². The van der Waals surface area contributed by atoms with Crippen LogP contribution in [0.25, 0.3) is 16.0 Å². The third kappa shape index (κ3) is 4.10. The largest absolute Gasteiger partial charge is 0.481 e. The number of alkyl halides is 3. The lowest BCUT2D eigenvalue weighted by molar-refractivity contribution is -0.140. The van der Waals surface area contributed by atoms with E-state index in [2.05, 4.69) is 11.0 Å². The van der Waals surface area contributed by atoms with Gasteiger partial charge in [0.1, 0.15) is 0 Å². The zero-order valence-corrected chi connectivity index (χ0v) is 17.6. The van der Waals surface area contributed by atoms with Crippen molar-refractivity contribution in [1.82, 2.24) is 0 Å². The number of halogens is 3. The number of allylic oxidation sites excluding steroid dienone is 2. The first kappa shape index (κ1) is 22.0. The minimum Gasteiger partial charge on any atom is -0.481 e. The summed E-state index contributed by atoms with van der Waals surface area (Å²) in [7, 11) is 0. The van der Waals surface area contributed by atoms with Crippen molar-refractivity contribution >= 4 is 29.0 Å². The van der Waals surface area contributed by atoms with E-state index in [1.165, 1.54) is 0 Å². The van der Waals surface area contributed by atoms with Crippen molar-refractivity contribution in [3.05, 3.63) is 89.2 Å². The lowest BCUT2D eigenvalue weighted by Gasteiger charge is -2.15. The van der Waals surface area contributed by atoms with E-state index >= 15 is 0 Å². The van der Waals surface area contributed by atoms with Crippen LogP contribution in [0.3, 0.4) is 0 Å². The Labute approximate surface area is 187 Å².